The number of thiol groups is 2. The van der Waals surface area contributed by atoms with Crippen molar-refractivity contribution in [2.24, 2.45) is 0 Å². The molecule has 1 heterocycles. The largest absolute Gasteiger partial charge is 0.351 e. The molecule has 0 saturated carbocycles. The van der Waals surface area contributed by atoms with Crippen LogP contribution in [0.25, 0.3) is 0 Å². The molecule has 0 radical (unpaired) electrons. The van der Waals surface area contributed by atoms with Crippen LogP contribution in [0.15, 0.2) is 18.7 Å². The summed E-state index contributed by atoms with van der Waals surface area (Å²) in [6.07, 6.45) is 5.08. The fourth-order valence-corrected chi connectivity index (χ4v) is 0.338. The molecule has 0 aliphatic heterocycles. The SMILES string of the molecule is O=[SH]O[SH]=O.c1c[nH]cn1. The molecule has 5 nitrogen and oxygen atoms in total. The van der Waals surface area contributed by atoms with Crippen LogP contribution in [0.5, 0.6) is 0 Å². The molecule has 1 aromatic rings. The van der Waals surface area contributed by atoms with Crippen molar-refractivity contribution in [1.82, 2.24) is 9.97 Å². The highest BCUT2D eigenvalue weighted by Gasteiger charge is 1.57. The Labute approximate surface area is 65.2 Å². The molecule has 7 heteroatoms. The average Bonchev–Trinajstić information content (AvgIpc) is 2.44. The van der Waals surface area contributed by atoms with E-state index in [2.05, 4.69) is 13.6 Å². The third-order valence-electron chi connectivity index (χ3n) is 0.473. The molecule has 58 valence electrons. The van der Waals surface area contributed by atoms with Gasteiger partial charge in [-0.25, -0.2) is 13.4 Å². The van der Waals surface area contributed by atoms with Gasteiger partial charge >= 0.3 is 0 Å². The molecular weight excluding hydrogens is 176 g/mol. The van der Waals surface area contributed by atoms with Gasteiger partial charge in [-0.1, -0.05) is 0 Å². The summed E-state index contributed by atoms with van der Waals surface area (Å²) < 4.78 is 21.8. The molecule has 0 bridgehead atoms. The van der Waals surface area contributed by atoms with Gasteiger partial charge in [-0.2, -0.15) is 3.63 Å². The fourth-order valence-electron chi connectivity index (χ4n) is 0.229. The van der Waals surface area contributed by atoms with E-state index in [-0.39, 0.29) is 0 Å². The van der Waals surface area contributed by atoms with Crippen LogP contribution in [0, 0.1) is 0 Å². The molecule has 1 rings (SSSR count). The monoisotopic (exact) mass is 182 g/mol. The fraction of sp³-hybridized carbons (Fsp3) is 0. The molecular formula is C3H6N2O3S2. The molecule has 0 saturated heterocycles. The van der Waals surface area contributed by atoms with Crippen molar-refractivity contribution in [1.29, 1.82) is 0 Å². The zero-order valence-electron chi connectivity index (χ0n) is 4.80. The van der Waals surface area contributed by atoms with Gasteiger partial charge in [-0.15, -0.1) is 0 Å². The second kappa shape index (κ2) is 8.47. The van der Waals surface area contributed by atoms with Gasteiger partial charge in [0.05, 0.1) is 6.33 Å². The lowest BCUT2D eigenvalue weighted by Gasteiger charge is -1.61. The number of hydrogen-bond acceptors (Lipinski definition) is 4. The summed E-state index contributed by atoms with van der Waals surface area (Å²) in [5.41, 5.74) is 0. The molecule has 0 aliphatic rings. The first-order valence-corrected chi connectivity index (χ1v) is 3.62. The zero-order valence-corrected chi connectivity index (χ0v) is 6.59. The van der Waals surface area contributed by atoms with Gasteiger partial charge in [0, 0.05) is 12.4 Å². The maximum atomic E-state index is 9.07. The number of hydrogen-bond donors (Lipinski definition) is 3. The first-order valence-electron chi connectivity index (χ1n) is 2.16. The van der Waals surface area contributed by atoms with E-state index >= 15 is 0 Å². The van der Waals surface area contributed by atoms with E-state index in [1.54, 1.807) is 18.7 Å². The van der Waals surface area contributed by atoms with E-state index in [1.807, 2.05) is 0 Å². The maximum absolute atomic E-state index is 9.07. The highest BCUT2D eigenvalue weighted by atomic mass is 32.2. The first kappa shape index (κ1) is 9.47. The maximum Gasteiger partial charge on any atom is 0.155 e. The predicted octanol–water partition coefficient (Wildman–Crippen LogP) is -0.867. The number of aromatic amines is 1. The summed E-state index contributed by atoms with van der Waals surface area (Å²) in [6, 6.07) is 0. The Morgan fingerprint density at radius 2 is 2.10 bits per heavy atom. The molecule has 1 aromatic heterocycles. The quantitative estimate of drug-likeness (QED) is 0.520. The number of H-pyrrole nitrogens is 1. The van der Waals surface area contributed by atoms with Gasteiger partial charge in [-0.3, -0.25) is 0 Å². The van der Waals surface area contributed by atoms with Gasteiger partial charge in [0.25, 0.3) is 0 Å². The third kappa shape index (κ3) is 7.47. The van der Waals surface area contributed by atoms with Crippen molar-refractivity contribution in [3.05, 3.63) is 18.7 Å². The van der Waals surface area contributed by atoms with E-state index in [1.165, 1.54) is 0 Å². The summed E-state index contributed by atoms with van der Waals surface area (Å²) in [7, 11) is 0. The van der Waals surface area contributed by atoms with Gasteiger partial charge in [0.15, 0.2) is 23.9 Å². The van der Waals surface area contributed by atoms with Crippen molar-refractivity contribution in [3.63, 3.8) is 0 Å². The normalized spacial score (nSPS) is 8.00. The Bertz CT molecular complexity index is 143. The summed E-state index contributed by atoms with van der Waals surface area (Å²) in [5.74, 6) is 0. The number of imidazole rings is 1. The predicted molar refractivity (Wildman–Crippen MR) is 38.7 cm³/mol. The van der Waals surface area contributed by atoms with Crippen LogP contribution < -0.4 is 0 Å². The number of nitrogens with zero attached hydrogens (tertiary/aromatic N) is 1. The Kier molecular flexibility index (Phi) is 8.02. The molecule has 0 aliphatic carbocycles. The highest BCUT2D eigenvalue weighted by molar-refractivity contribution is 7.74. The summed E-state index contributed by atoms with van der Waals surface area (Å²) >= 11 is -1.09. The highest BCUT2D eigenvalue weighted by Crippen LogP contribution is 1.62. The van der Waals surface area contributed by atoms with E-state index in [4.69, 9.17) is 8.42 Å². The topological polar surface area (TPSA) is 72.1 Å². The molecule has 0 atom stereocenters. The second-order valence-corrected chi connectivity index (χ2v) is 1.94. The third-order valence-corrected chi connectivity index (χ3v) is 1.01. The van der Waals surface area contributed by atoms with Gasteiger partial charge < -0.3 is 4.98 Å². The minimum absolute atomic E-state index is 0.545. The minimum atomic E-state index is -0.545. The number of nitrogens with one attached hydrogen (secondary N) is 1. The van der Waals surface area contributed by atoms with Crippen LogP contribution in [0.1, 0.15) is 0 Å². The summed E-state index contributed by atoms with van der Waals surface area (Å²) in [6.45, 7) is 0. The van der Waals surface area contributed by atoms with Crippen molar-refractivity contribution in [2.45, 2.75) is 0 Å². The zero-order chi connectivity index (χ0) is 7.66. The van der Waals surface area contributed by atoms with Crippen molar-refractivity contribution >= 4 is 23.9 Å². The van der Waals surface area contributed by atoms with Gasteiger partial charge in [0.2, 0.25) is 0 Å². The Hall–Kier alpha value is -0.530. The molecule has 0 amide bonds. The molecule has 0 unspecified atom stereocenters. The lowest BCUT2D eigenvalue weighted by Crippen LogP contribution is -1.65. The van der Waals surface area contributed by atoms with Crippen molar-refractivity contribution in [2.75, 3.05) is 0 Å². The molecule has 0 spiro atoms. The average molecular weight is 182 g/mol. The smallest absolute Gasteiger partial charge is 0.155 e. The standard InChI is InChI=1S/C3H4N2.H2O3S2/c1-2-5-3-4-1;1-4-3-5-2/h1-3H,(H,4,5);4-5H. The summed E-state index contributed by atoms with van der Waals surface area (Å²) in [4.78, 5) is 6.42. The van der Waals surface area contributed by atoms with Crippen LogP contribution in [-0.4, -0.2) is 18.4 Å². The Morgan fingerprint density at radius 1 is 1.40 bits per heavy atom. The molecule has 0 fully saturated rings. The van der Waals surface area contributed by atoms with E-state index in [0.717, 1.165) is 0 Å². The number of rotatable bonds is 2. The molecule has 1 N–H and O–H groups in total. The van der Waals surface area contributed by atoms with Gasteiger partial charge in [0.1, 0.15) is 0 Å². The minimum Gasteiger partial charge on any atom is -0.351 e. The second-order valence-electron chi connectivity index (χ2n) is 0.991. The lowest BCUT2D eigenvalue weighted by molar-refractivity contribution is 0.594. The molecule has 10 heavy (non-hydrogen) atoms. The lowest BCUT2D eigenvalue weighted by atomic mass is 11.0. The molecule has 0 aromatic carbocycles. The van der Waals surface area contributed by atoms with E-state index in [0.29, 0.717) is 0 Å². The number of aromatic nitrogens is 2. The van der Waals surface area contributed by atoms with Crippen molar-refractivity contribution < 1.29 is 12.0 Å². The van der Waals surface area contributed by atoms with Crippen LogP contribution in [-0.2, 0) is 27.5 Å². The van der Waals surface area contributed by atoms with Crippen LogP contribution >= 0.6 is 0 Å². The van der Waals surface area contributed by atoms with Crippen LogP contribution in [0.2, 0.25) is 0 Å². The van der Waals surface area contributed by atoms with Gasteiger partial charge in [-0.05, 0) is 0 Å². The Morgan fingerprint density at radius 3 is 2.20 bits per heavy atom. The van der Waals surface area contributed by atoms with E-state index in [9.17, 15) is 0 Å². The van der Waals surface area contributed by atoms with Crippen LogP contribution in [0.4, 0.5) is 0 Å². The summed E-state index contributed by atoms with van der Waals surface area (Å²) in [5, 5.41) is 0. The van der Waals surface area contributed by atoms with Crippen LogP contribution in [0.3, 0.4) is 0 Å². The van der Waals surface area contributed by atoms with E-state index < -0.39 is 23.9 Å². The Balaban J connectivity index is 0.000000162. The first-order chi connectivity index (χ1) is 4.91. The van der Waals surface area contributed by atoms with Crippen molar-refractivity contribution in [3.8, 4) is 0 Å².